The highest BCUT2D eigenvalue weighted by molar-refractivity contribution is 8.20. The van der Waals surface area contributed by atoms with Crippen LogP contribution in [-0.4, -0.2) is 89.6 Å². The number of fused-ring (bicyclic) bond motifs is 1. The molecule has 0 aromatic heterocycles. The molecule has 1 unspecified atom stereocenters. The summed E-state index contributed by atoms with van der Waals surface area (Å²) >= 11 is 3.83. The number of nitrogens with one attached hydrogen (secondary N) is 1. The molecule has 0 bridgehead atoms. The van der Waals surface area contributed by atoms with Crippen molar-refractivity contribution in [2.75, 3.05) is 30.2 Å². The van der Waals surface area contributed by atoms with Gasteiger partial charge in [-0.3, -0.25) is 29.0 Å². The van der Waals surface area contributed by atoms with Crippen molar-refractivity contribution in [1.29, 1.82) is 0 Å². The topological polar surface area (TPSA) is 125 Å². The minimum atomic E-state index is -1.35. The molecule has 0 radical (unpaired) electrons. The number of phenolic OH excluding ortho intramolecular Hbond substituents is 1. The number of phenols is 1. The molecule has 1 aliphatic carbocycles. The third kappa shape index (κ3) is 7.31. The first-order valence-corrected chi connectivity index (χ1v) is 23.1. The summed E-state index contributed by atoms with van der Waals surface area (Å²) in [4.78, 5) is 55.0. The molecule has 3 aromatic rings. The first kappa shape index (κ1) is 35.6. The Morgan fingerprint density at radius 3 is 2.20 bits per heavy atom. The van der Waals surface area contributed by atoms with E-state index in [1.165, 1.54) is 11.1 Å². The van der Waals surface area contributed by atoms with E-state index in [0.717, 1.165) is 51.6 Å². The summed E-state index contributed by atoms with van der Waals surface area (Å²) in [5.74, 6) is 1.23. The largest absolute Gasteiger partial charge is 0.508 e. The van der Waals surface area contributed by atoms with Crippen LogP contribution in [0.3, 0.4) is 0 Å². The molecule has 3 aliphatic heterocycles. The van der Waals surface area contributed by atoms with Crippen molar-refractivity contribution in [3.8, 4) is 11.5 Å². The molecule has 3 fully saturated rings. The van der Waals surface area contributed by atoms with E-state index in [2.05, 4.69) is 37.1 Å². The first-order valence-electron chi connectivity index (χ1n) is 17.5. The quantitative estimate of drug-likeness (QED) is 0.120. The Morgan fingerprint density at radius 2 is 1.53 bits per heavy atom. The summed E-state index contributed by atoms with van der Waals surface area (Å²) in [6.07, 6.45) is 1.76. The zero-order chi connectivity index (χ0) is 35.9. The zero-order valence-electron chi connectivity index (χ0n) is 29.1. The van der Waals surface area contributed by atoms with Gasteiger partial charge in [0.25, 0.3) is 17.7 Å². The van der Waals surface area contributed by atoms with Crippen LogP contribution in [0.4, 0.5) is 5.69 Å². The van der Waals surface area contributed by atoms with Gasteiger partial charge >= 0.3 is 0 Å². The number of hydrogen-bond acceptors (Lipinski definition) is 10. The zero-order valence-corrected chi connectivity index (χ0v) is 31.7. The van der Waals surface area contributed by atoms with Crippen LogP contribution in [0.15, 0.2) is 66.7 Å². The lowest BCUT2D eigenvalue weighted by Crippen LogP contribution is -2.56. The SMILES string of the molecule is C[Si](C)(C)CCOCN1C(=O)CCC(N2C(=O)c3ccc(NC4CC(Oc5ccc(C6(c7ccc(O)cc7)SCCS6)cc5)C4)cc3C2=O)C1=O. The standard InChI is InChI=1S/C38H43N3O7S2Si/c1-51(2,3)19-16-47-23-40-34(43)15-14-33(37(40)46)41-35(44)31-13-8-26(22-32(31)36(41)45)39-27-20-30(21-27)48-29-11-6-25(7-12-29)38(49-17-18-50-38)24-4-9-28(42)10-5-24/h4-13,22,27,30,33,39,42H,14-21,23H2,1-3H3. The Morgan fingerprint density at radius 1 is 0.882 bits per heavy atom. The van der Waals surface area contributed by atoms with E-state index in [1.54, 1.807) is 30.3 Å². The molecule has 2 saturated heterocycles. The van der Waals surface area contributed by atoms with E-state index >= 15 is 0 Å². The molecule has 51 heavy (non-hydrogen) atoms. The minimum Gasteiger partial charge on any atom is -0.508 e. The van der Waals surface area contributed by atoms with Gasteiger partial charge in [0.2, 0.25) is 5.91 Å². The summed E-state index contributed by atoms with van der Waals surface area (Å²) in [6, 6.07) is 20.9. The second-order valence-corrected chi connectivity index (χ2v) is 23.2. The maximum atomic E-state index is 13.6. The molecule has 2 N–H and O–H groups in total. The van der Waals surface area contributed by atoms with Gasteiger partial charge in [-0.15, -0.1) is 23.5 Å². The number of carbonyl (C=O) groups excluding carboxylic acids is 4. The number of piperidine rings is 1. The van der Waals surface area contributed by atoms with Crippen LogP contribution in [0.25, 0.3) is 0 Å². The van der Waals surface area contributed by atoms with Gasteiger partial charge in [0.1, 0.15) is 34.5 Å². The van der Waals surface area contributed by atoms with Crippen molar-refractivity contribution in [1.82, 2.24) is 9.80 Å². The average Bonchev–Trinajstić information content (AvgIpc) is 3.67. The number of rotatable bonds is 12. The number of anilines is 1. The summed E-state index contributed by atoms with van der Waals surface area (Å²) in [5, 5.41) is 13.3. The normalized spacial score (nSPS) is 23.0. The molecule has 0 spiro atoms. The maximum Gasteiger partial charge on any atom is 0.262 e. The molecule has 10 nitrogen and oxygen atoms in total. The van der Waals surface area contributed by atoms with E-state index in [9.17, 15) is 24.3 Å². The van der Waals surface area contributed by atoms with Gasteiger partial charge in [-0.05, 0) is 66.1 Å². The fourth-order valence-corrected chi connectivity index (χ4v) is 11.0. The van der Waals surface area contributed by atoms with Gasteiger partial charge in [0.15, 0.2) is 0 Å². The number of amides is 4. The number of aromatic hydroxyl groups is 1. The van der Waals surface area contributed by atoms with E-state index < -0.39 is 31.8 Å². The fraction of sp³-hybridized carbons (Fsp3) is 0.421. The average molecular weight is 746 g/mol. The van der Waals surface area contributed by atoms with Crippen molar-refractivity contribution in [2.45, 2.75) is 73.6 Å². The number of benzene rings is 3. The molecule has 268 valence electrons. The predicted molar refractivity (Wildman–Crippen MR) is 202 cm³/mol. The maximum absolute atomic E-state index is 13.6. The highest BCUT2D eigenvalue weighted by Crippen LogP contribution is 2.56. The van der Waals surface area contributed by atoms with E-state index in [1.807, 2.05) is 47.8 Å². The number of ether oxygens (including phenoxy) is 2. The number of nitrogens with zero attached hydrogens (tertiary/aromatic N) is 2. The lowest BCUT2D eigenvalue weighted by Gasteiger charge is -2.36. The molecule has 4 amide bonds. The number of hydrogen-bond donors (Lipinski definition) is 2. The molecule has 4 aliphatic rings. The molecule has 3 heterocycles. The Hall–Kier alpha value is -3.78. The molecule has 13 heteroatoms. The highest BCUT2D eigenvalue weighted by atomic mass is 32.2. The Kier molecular flexibility index (Phi) is 10.0. The van der Waals surface area contributed by atoms with Crippen LogP contribution in [0.1, 0.15) is 57.5 Å². The monoisotopic (exact) mass is 745 g/mol. The molecular formula is C38H43N3O7S2Si. The molecule has 1 atom stereocenters. The lowest BCUT2D eigenvalue weighted by atomic mass is 9.89. The lowest BCUT2D eigenvalue weighted by molar-refractivity contribution is -0.158. The summed E-state index contributed by atoms with van der Waals surface area (Å²) < 4.78 is 11.8. The van der Waals surface area contributed by atoms with Crippen molar-refractivity contribution in [3.05, 3.63) is 89.0 Å². The van der Waals surface area contributed by atoms with Crippen LogP contribution in [0.5, 0.6) is 11.5 Å². The van der Waals surface area contributed by atoms with Crippen molar-refractivity contribution >= 4 is 60.9 Å². The van der Waals surface area contributed by atoms with Crippen LogP contribution in [0, 0.1) is 0 Å². The Balaban J connectivity index is 0.934. The Bertz CT molecular complexity index is 1820. The van der Waals surface area contributed by atoms with Gasteiger partial charge < -0.3 is 19.9 Å². The van der Waals surface area contributed by atoms with Crippen molar-refractivity contribution < 1.29 is 33.8 Å². The van der Waals surface area contributed by atoms with Gasteiger partial charge in [-0.1, -0.05) is 43.9 Å². The van der Waals surface area contributed by atoms with Crippen LogP contribution in [-0.2, 0) is 18.4 Å². The predicted octanol–water partition coefficient (Wildman–Crippen LogP) is 6.52. The third-order valence-corrected chi connectivity index (χ3v) is 15.1. The number of likely N-dealkylation sites (tertiary alicyclic amines) is 1. The fourth-order valence-electron chi connectivity index (χ4n) is 6.92. The van der Waals surface area contributed by atoms with Gasteiger partial charge in [-0.2, -0.15) is 0 Å². The molecule has 3 aromatic carbocycles. The minimum absolute atomic E-state index is 0.0465. The second-order valence-electron chi connectivity index (χ2n) is 14.7. The summed E-state index contributed by atoms with van der Waals surface area (Å²) in [7, 11) is -1.35. The molecule has 1 saturated carbocycles. The van der Waals surface area contributed by atoms with Crippen LogP contribution in [0.2, 0.25) is 25.7 Å². The number of carbonyl (C=O) groups is 4. The summed E-state index contributed by atoms with van der Waals surface area (Å²) in [5.41, 5.74) is 3.60. The molecular weight excluding hydrogens is 703 g/mol. The summed E-state index contributed by atoms with van der Waals surface area (Å²) in [6.45, 7) is 6.93. The molecule has 7 rings (SSSR count). The van der Waals surface area contributed by atoms with Crippen molar-refractivity contribution in [2.24, 2.45) is 0 Å². The van der Waals surface area contributed by atoms with Crippen molar-refractivity contribution in [3.63, 3.8) is 0 Å². The van der Waals surface area contributed by atoms with Gasteiger partial charge in [-0.25, -0.2) is 0 Å². The van der Waals surface area contributed by atoms with Crippen LogP contribution < -0.4 is 10.1 Å². The highest BCUT2D eigenvalue weighted by Gasteiger charge is 2.47. The number of thioether (sulfide) groups is 2. The van der Waals surface area contributed by atoms with E-state index in [0.29, 0.717) is 6.61 Å². The van der Waals surface area contributed by atoms with E-state index in [4.69, 9.17) is 9.47 Å². The smallest absolute Gasteiger partial charge is 0.262 e. The van der Waals surface area contributed by atoms with Crippen LogP contribution >= 0.6 is 23.5 Å². The first-order chi connectivity index (χ1) is 24.4. The second kappa shape index (κ2) is 14.3. The Labute approximate surface area is 307 Å². The third-order valence-electron chi connectivity index (χ3n) is 9.87. The number of imide groups is 2. The van der Waals surface area contributed by atoms with E-state index in [-0.39, 0.29) is 58.6 Å². The van der Waals surface area contributed by atoms with Gasteiger partial charge in [0.05, 0.1) is 11.1 Å². The van der Waals surface area contributed by atoms with Gasteiger partial charge in [0, 0.05) is 57.2 Å².